The number of halogens is 2. The van der Waals surface area contributed by atoms with E-state index in [2.05, 4.69) is 5.32 Å². The molecule has 0 aliphatic rings. The number of hydrogen-bond donors (Lipinski definition) is 2. The Kier molecular flexibility index (Phi) is 5.28. The molecule has 0 saturated carbocycles. The van der Waals surface area contributed by atoms with Crippen molar-refractivity contribution in [3.8, 4) is 0 Å². The summed E-state index contributed by atoms with van der Waals surface area (Å²) in [6, 6.07) is 8.86. The molecular weight excluding hydrogens is 285 g/mol. The molecule has 0 radical (unpaired) electrons. The summed E-state index contributed by atoms with van der Waals surface area (Å²) < 4.78 is 5.20. The predicted molar refractivity (Wildman–Crippen MR) is 76.5 cm³/mol. The Morgan fingerprint density at radius 1 is 1.26 bits per heavy atom. The molecule has 1 heterocycles. The van der Waals surface area contributed by atoms with Gasteiger partial charge in [-0.1, -0.05) is 29.3 Å². The van der Waals surface area contributed by atoms with Gasteiger partial charge in [-0.05, 0) is 42.8 Å². The highest BCUT2D eigenvalue weighted by molar-refractivity contribution is 6.35. The lowest BCUT2D eigenvalue weighted by Gasteiger charge is -2.13. The number of furan rings is 1. The molecule has 0 spiro atoms. The van der Waals surface area contributed by atoms with E-state index in [1.54, 1.807) is 24.5 Å². The topological polar surface area (TPSA) is 45.4 Å². The summed E-state index contributed by atoms with van der Waals surface area (Å²) in [7, 11) is 0. The van der Waals surface area contributed by atoms with Crippen LogP contribution in [0.3, 0.4) is 0 Å². The first-order valence-electron chi connectivity index (χ1n) is 6.03. The zero-order chi connectivity index (χ0) is 13.7. The van der Waals surface area contributed by atoms with Gasteiger partial charge in [0, 0.05) is 10.0 Å². The largest absolute Gasteiger partial charge is 0.468 e. The standard InChI is InChI=1S/C14H15Cl2NO2/c15-10-3-4-12(13(16)8-10)14(18)5-6-17-9-11-2-1-7-19-11/h1-4,7-8,14,17-18H,5-6,9H2. The van der Waals surface area contributed by atoms with Crippen molar-refractivity contribution in [2.45, 2.75) is 19.1 Å². The van der Waals surface area contributed by atoms with Crippen molar-refractivity contribution < 1.29 is 9.52 Å². The van der Waals surface area contributed by atoms with Crippen molar-refractivity contribution >= 4 is 23.2 Å². The first kappa shape index (κ1) is 14.4. The second-order valence-corrected chi connectivity index (χ2v) is 5.07. The van der Waals surface area contributed by atoms with Gasteiger partial charge in [0.2, 0.25) is 0 Å². The summed E-state index contributed by atoms with van der Waals surface area (Å²) in [6.45, 7) is 1.31. The van der Waals surface area contributed by atoms with E-state index in [0.717, 1.165) is 5.76 Å². The van der Waals surface area contributed by atoms with Crippen LogP contribution in [-0.4, -0.2) is 11.7 Å². The van der Waals surface area contributed by atoms with E-state index in [-0.39, 0.29) is 0 Å². The quantitative estimate of drug-likeness (QED) is 0.798. The van der Waals surface area contributed by atoms with Crippen molar-refractivity contribution in [3.05, 3.63) is 58.0 Å². The van der Waals surface area contributed by atoms with Crippen LogP contribution in [0.4, 0.5) is 0 Å². The Hall–Kier alpha value is -1.000. The number of benzene rings is 1. The van der Waals surface area contributed by atoms with E-state index in [1.165, 1.54) is 0 Å². The normalized spacial score (nSPS) is 12.6. The molecule has 1 aromatic carbocycles. The first-order valence-corrected chi connectivity index (χ1v) is 6.78. The highest BCUT2D eigenvalue weighted by Gasteiger charge is 2.11. The molecule has 2 aromatic rings. The van der Waals surface area contributed by atoms with Gasteiger partial charge in [0.15, 0.2) is 0 Å². The molecule has 0 fully saturated rings. The summed E-state index contributed by atoms with van der Waals surface area (Å²) in [5, 5.41) is 14.3. The maximum atomic E-state index is 10.1. The van der Waals surface area contributed by atoms with Gasteiger partial charge in [-0.2, -0.15) is 0 Å². The SMILES string of the molecule is OC(CCNCc1ccco1)c1ccc(Cl)cc1Cl. The maximum absolute atomic E-state index is 10.1. The third-order valence-corrected chi connectivity index (χ3v) is 3.36. The first-order chi connectivity index (χ1) is 9.16. The van der Waals surface area contributed by atoms with Crippen molar-refractivity contribution in [1.29, 1.82) is 0 Å². The van der Waals surface area contributed by atoms with Gasteiger partial charge < -0.3 is 14.8 Å². The molecule has 2 rings (SSSR count). The maximum Gasteiger partial charge on any atom is 0.117 e. The molecule has 0 aliphatic heterocycles. The highest BCUT2D eigenvalue weighted by Crippen LogP contribution is 2.27. The fraction of sp³-hybridized carbons (Fsp3) is 0.286. The van der Waals surface area contributed by atoms with Crippen LogP contribution in [0.25, 0.3) is 0 Å². The molecular formula is C14H15Cl2NO2. The highest BCUT2D eigenvalue weighted by atomic mass is 35.5. The lowest BCUT2D eigenvalue weighted by molar-refractivity contribution is 0.166. The van der Waals surface area contributed by atoms with Crippen molar-refractivity contribution in [2.24, 2.45) is 0 Å². The average Bonchev–Trinajstić information content (AvgIpc) is 2.87. The number of nitrogens with one attached hydrogen (secondary N) is 1. The molecule has 1 aromatic heterocycles. The van der Waals surface area contributed by atoms with Crippen LogP contribution in [0.2, 0.25) is 10.0 Å². The lowest BCUT2D eigenvalue weighted by Crippen LogP contribution is -2.17. The van der Waals surface area contributed by atoms with Gasteiger partial charge in [-0.3, -0.25) is 0 Å². The Morgan fingerprint density at radius 2 is 2.11 bits per heavy atom. The molecule has 102 valence electrons. The van der Waals surface area contributed by atoms with Crippen LogP contribution in [0.15, 0.2) is 41.0 Å². The lowest BCUT2D eigenvalue weighted by atomic mass is 10.1. The molecule has 0 saturated heterocycles. The van der Waals surface area contributed by atoms with Crippen LogP contribution in [-0.2, 0) is 6.54 Å². The predicted octanol–water partition coefficient (Wildman–Crippen LogP) is 3.80. The van der Waals surface area contributed by atoms with Crippen molar-refractivity contribution in [2.75, 3.05) is 6.54 Å². The van der Waals surface area contributed by atoms with Crippen LogP contribution in [0.5, 0.6) is 0 Å². The van der Waals surface area contributed by atoms with E-state index in [9.17, 15) is 5.11 Å². The second-order valence-electron chi connectivity index (χ2n) is 4.23. The van der Waals surface area contributed by atoms with Crippen LogP contribution < -0.4 is 5.32 Å². The molecule has 2 N–H and O–H groups in total. The molecule has 1 unspecified atom stereocenters. The Labute approximate surface area is 122 Å². The molecule has 0 bridgehead atoms. The molecule has 0 amide bonds. The Morgan fingerprint density at radius 3 is 2.79 bits per heavy atom. The third kappa shape index (κ3) is 4.25. The minimum atomic E-state index is -0.603. The van der Waals surface area contributed by atoms with E-state index in [1.807, 2.05) is 12.1 Å². The van der Waals surface area contributed by atoms with Gasteiger partial charge in [0.1, 0.15) is 5.76 Å². The zero-order valence-corrected chi connectivity index (χ0v) is 11.8. The number of aliphatic hydroxyl groups is 1. The molecule has 3 nitrogen and oxygen atoms in total. The monoisotopic (exact) mass is 299 g/mol. The number of rotatable bonds is 6. The molecule has 1 atom stereocenters. The fourth-order valence-electron chi connectivity index (χ4n) is 1.79. The van der Waals surface area contributed by atoms with Gasteiger partial charge in [0.05, 0.1) is 18.9 Å². The van der Waals surface area contributed by atoms with E-state index in [4.69, 9.17) is 27.6 Å². The van der Waals surface area contributed by atoms with Gasteiger partial charge in [-0.15, -0.1) is 0 Å². The average molecular weight is 300 g/mol. The van der Waals surface area contributed by atoms with Gasteiger partial charge >= 0.3 is 0 Å². The van der Waals surface area contributed by atoms with Crippen molar-refractivity contribution in [1.82, 2.24) is 5.32 Å². The fourth-order valence-corrected chi connectivity index (χ4v) is 2.33. The van der Waals surface area contributed by atoms with Gasteiger partial charge in [0.25, 0.3) is 0 Å². The Balaban J connectivity index is 1.79. The number of hydrogen-bond acceptors (Lipinski definition) is 3. The van der Waals surface area contributed by atoms with E-state index < -0.39 is 6.10 Å². The molecule has 19 heavy (non-hydrogen) atoms. The summed E-state index contributed by atoms with van der Waals surface area (Å²) in [4.78, 5) is 0. The number of aliphatic hydroxyl groups excluding tert-OH is 1. The van der Waals surface area contributed by atoms with E-state index >= 15 is 0 Å². The van der Waals surface area contributed by atoms with Gasteiger partial charge in [-0.25, -0.2) is 0 Å². The third-order valence-electron chi connectivity index (χ3n) is 2.80. The smallest absolute Gasteiger partial charge is 0.117 e. The van der Waals surface area contributed by atoms with Crippen molar-refractivity contribution in [3.63, 3.8) is 0 Å². The van der Waals surface area contributed by atoms with Crippen LogP contribution in [0, 0.1) is 0 Å². The summed E-state index contributed by atoms with van der Waals surface area (Å²) in [6.07, 6.45) is 1.61. The summed E-state index contributed by atoms with van der Waals surface area (Å²) in [5.74, 6) is 0.874. The van der Waals surface area contributed by atoms with Crippen LogP contribution >= 0.6 is 23.2 Å². The Bertz CT molecular complexity index is 514. The minimum absolute atomic E-state index is 0.492. The minimum Gasteiger partial charge on any atom is -0.468 e. The zero-order valence-electron chi connectivity index (χ0n) is 10.3. The second kappa shape index (κ2) is 6.96. The van der Waals surface area contributed by atoms with E-state index in [0.29, 0.717) is 35.1 Å². The summed E-state index contributed by atoms with van der Waals surface area (Å²) >= 11 is 11.9. The van der Waals surface area contributed by atoms with Crippen LogP contribution in [0.1, 0.15) is 23.8 Å². The molecule has 5 heteroatoms. The molecule has 0 aliphatic carbocycles. The summed E-state index contributed by atoms with van der Waals surface area (Å²) in [5.41, 5.74) is 0.700.